The second-order valence-corrected chi connectivity index (χ2v) is 5.88. The number of methoxy groups -OCH3 is 3. The van der Waals surface area contributed by atoms with Crippen LogP contribution in [-0.2, 0) is 11.3 Å². The summed E-state index contributed by atoms with van der Waals surface area (Å²) in [4.78, 5) is 12.3. The Hall–Kier alpha value is -1.95. The minimum Gasteiger partial charge on any atom is -0.493 e. The summed E-state index contributed by atoms with van der Waals surface area (Å²) in [6, 6.07) is 3.82. The summed E-state index contributed by atoms with van der Waals surface area (Å²) in [7, 11) is 4.71. The zero-order valence-electron chi connectivity index (χ0n) is 14.1. The first kappa shape index (κ1) is 17.4. The lowest BCUT2D eigenvalue weighted by atomic mass is 9.85. The maximum Gasteiger partial charge on any atom is 0.223 e. The van der Waals surface area contributed by atoms with Crippen molar-refractivity contribution in [2.45, 2.75) is 38.3 Å². The highest BCUT2D eigenvalue weighted by Crippen LogP contribution is 2.38. The molecule has 0 bridgehead atoms. The van der Waals surface area contributed by atoms with E-state index < -0.39 is 0 Å². The van der Waals surface area contributed by atoms with Crippen LogP contribution >= 0.6 is 0 Å². The second-order valence-electron chi connectivity index (χ2n) is 5.88. The molecule has 6 heteroatoms. The highest BCUT2D eigenvalue weighted by Gasteiger charge is 2.25. The van der Waals surface area contributed by atoms with Crippen LogP contribution in [0.1, 0.15) is 31.2 Å². The van der Waals surface area contributed by atoms with E-state index in [0.29, 0.717) is 23.8 Å². The molecule has 0 saturated heterocycles. The third kappa shape index (κ3) is 4.28. The molecule has 1 amide bonds. The van der Waals surface area contributed by atoms with Crippen LogP contribution in [0.5, 0.6) is 17.2 Å². The predicted molar refractivity (Wildman–Crippen MR) is 87.9 cm³/mol. The van der Waals surface area contributed by atoms with Gasteiger partial charge in [-0.25, -0.2) is 0 Å². The number of ether oxygens (including phenoxy) is 3. The van der Waals surface area contributed by atoms with Crippen LogP contribution in [0.4, 0.5) is 0 Å². The first-order chi connectivity index (χ1) is 11.1. The fraction of sp³-hybridized carbons (Fsp3) is 0.588. The Kier molecular flexibility index (Phi) is 6.10. The predicted octanol–water partition coefficient (Wildman–Crippen LogP) is 1.85. The van der Waals surface area contributed by atoms with Crippen LogP contribution in [0, 0.1) is 5.92 Å². The van der Waals surface area contributed by atoms with Gasteiger partial charge in [-0.3, -0.25) is 4.79 Å². The third-order valence-corrected chi connectivity index (χ3v) is 4.28. The van der Waals surface area contributed by atoms with Crippen LogP contribution in [-0.4, -0.2) is 33.3 Å². The Bertz CT molecular complexity index is 522. The van der Waals surface area contributed by atoms with Crippen LogP contribution in [0.2, 0.25) is 0 Å². The van der Waals surface area contributed by atoms with Gasteiger partial charge in [0, 0.05) is 18.5 Å². The van der Waals surface area contributed by atoms with Crippen LogP contribution in [0.25, 0.3) is 0 Å². The zero-order valence-corrected chi connectivity index (χ0v) is 14.1. The van der Waals surface area contributed by atoms with E-state index in [0.717, 1.165) is 31.2 Å². The molecule has 0 spiro atoms. The molecular weight excluding hydrogens is 296 g/mol. The lowest BCUT2D eigenvalue weighted by Gasteiger charge is -2.25. The molecule has 1 saturated carbocycles. The Morgan fingerprint density at radius 1 is 1.17 bits per heavy atom. The summed E-state index contributed by atoms with van der Waals surface area (Å²) in [6.45, 7) is 0.418. The molecular formula is C17H26N2O4. The van der Waals surface area contributed by atoms with Gasteiger partial charge in [0.15, 0.2) is 11.5 Å². The summed E-state index contributed by atoms with van der Waals surface area (Å²) < 4.78 is 15.9. The molecule has 23 heavy (non-hydrogen) atoms. The normalized spacial score (nSPS) is 20.7. The molecule has 0 heterocycles. The Labute approximate surface area is 137 Å². The monoisotopic (exact) mass is 322 g/mol. The minimum absolute atomic E-state index is 0.0146. The topological polar surface area (TPSA) is 82.8 Å². The average molecular weight is 322 g/mol. The Morgan fingerprint density at radius 3 is 2.35 bits per heavy atom. The lowest BCUT2D eigenvalue weighted by Crippen LogP contribution is -2.37. The molecule has 3 N–H and O–H groups in total. The number of nitrogens with two attached hydrogens (primary N) is 1. The summed E-state index contributed by atoms with van der Waals surface area (Å²) in [5.41, 5.74) is 6.85. The largest absolute Gasteiger partial charge is 0.493 e. The maximum absolute atomic E-state index is 12.3. The highest BCUT2D eigenvalue weighted by molar-refractivity contribution is 5.78. The quantitative estimate of drug-likeness (QED) is 0.835. The van der Waals surface area contributed by atoms with E-state index in [-0.39, 0.29) is 17.9 Å². The smallest absolute Gasteiger partial charge is 0.223 e. The highest BCUT2D eigenvalue weighted by atomic mass is 16.5. The molecule has 1 fully saturated rings. The van der Waals surface area contributed by atoms with Gasteiger partial charge in [0.25, 0.3) is 0 Å². The van der Waals surface area contributed by atoms with E-state index in [1.165, 1.54) is 0 Å². The molecule has 0 aromatic heterocycles. The van der Waals surface area contributed by atoms with Gasteiger partial charge in [-0.2, -0.15) is 0 Å². The van der Waals surface area contributed by atoms with E-state index >= 15 is 0 Å². The Balaban J connectivity index is 2.03. The van der Waals surface area contributed by atoms with Gasteiger partial charge in [0.05, 0.1) is 21.3 Å². The van der Waals surface area contributed by atoms with E-state index in [1.54, 1.807) is 21.3 Å². The molecule has 0 aliphatic heterocycles. The molecule has 1 aromatic rings. The van der Waals surface area contributed by atoms with Gasteiger partial charge in [-0.15, -0.1) is 0 Å². The zero-order chi connectivity index (χ0) is 16.8. The van der Waals surface area contributed by atoms with Crippen molar-refractivity contribution in [1.82, 2.24) is 5.32 Å². The standard InChI is InChI=1S/C17H26N2O4/c1-21-14-7-11(8-15(22-2)16(14)23-3)10-19-17(20)12-5-4-6-13(18)9-12/h7-8,12-13H,4-6,9-10,18H2,1-3H3,(H,19,20). The second kappa shape index (κ2) is 8.06. The number of carbonyl (C=O) groups excluding carboxylic acids is 1. The van der Waals surface area contributed by atoms with E-state index in [2.05, 4.69) is 5.32 Å². The molecule has 1 aliphatic carbocycles. The van der Waals surface area contributed by atoms with Crippen molar-refractivity contribution in [3.8, 4) is 17.2 Å². The molecule has 2 atom stereocenters. The first-order valence-corrected chi connectivity index (χ1v) is 7.91. The van der Waals surface area contributed by atoms with Gasteiger partial charge in [0.1, 0.15) is 0 Å². The number of rotatable bonds is 6. The van der Waals surface area contributed by atoms with Crippen molar-refractivity contribution >= 4 is 5.91 Å². The molecule has 2 rings (SSSR count). The van der Waals surface area contributed by atoms with Gasteiger partial charge in [-0.05, 0) is 37.0 Å². The summed E-state index contributed by atoms with van der Waals surface area (Å²) in [6.07, 6.45) is 3.70. The minimum atomic E-state index is 0.0146. The van der Waals surface area contributed by atoms with Gasteiger partial charge < -0.3 is 25.3 Å². The molecule has 0 radical (unpaired) electrons. The lowest BCUT2D eigenvalue weighted by molar-refractivity contribution is -0.126. The molecule has 128 valence electrons. The fourth-order valence-electron chi connectivity index (χ4n) is 3.04. The van der Waals surface area contributed by atoms with Crippen molar-refractivity contribution in [2.24, 2.45) is 11.7 Å². The molecule has 1 aliphatic rings. The van der Waals surface area contributed by atoms with Crippen LogP contribution in [0.3, 0.4) is 0 Å². The molecule has 1 aromatic carbocycles. The van der Waals surface area contributed by atoms with Gasteiger partial charge in [0.2, 0.25) is 11.7 Å². The van der Waals surface area contributed by atoms with E-state index in [9.17, 15) is 4.79 Å². The van der Waals surface area contributed by atoms with E-state index in [4.69, 9.17) is 19.9 Å². The van der Waals surface area contributed by atoms with Crippen LogP contribution < -0.4 is 25.3 Å². The van der Waals surface area contributed by atoms with E-state index in [1.807, 2.05) is 12.1 Å². The first-order valence-electron chi connectivity index (χ1n) is 7.91. The number of carbonyl (C=O) groups is 1. The fourth-order valence-corrected chi connectivity index (χ4v) is 3.04. The number of amides is 1. The third-order valence-electron chi connectivity index (χ3n) is 4.28. The number of nitrogens with one attached hydrogen (secondary N) is 1. The van der Waals surface area contributed by atoms with Crippen molar-refractivity contribution in [3.63, 3.8) is 0 Å². The van der Waals surface area contributed by atoms with Gasteiger partial charge in [-0.1, -0.05) is 6.42 Å². The van der Waals surface area contributed by atoms with Gasteiger partial charge >= 0.3 is 0 Å². The number of hydrogen-bond acceptors (Lipinski definition) is 5. The summed E-state index contributed by atoms with van der Waals surface area (Å²) >= 11 is 0. The van der Waals surface area contributed by atoms with Crippen molar-refractivity contribution in [2.75, 3.05) is 21.3 Å². The Morgan fingerprint density at radius 2 is 1.83 bits per heavy atom. The number of benzene rings is 1. The van der Waals surface area contributed by atoms with Crippen molar-refractivity contribution in [3.05, 3.63) is 17.7 Å². The molecule has 6 nitrogen and oxygen atoms in total. The van der Waals surface area contributed by atoms with Crippen LogP contribution in [0.15, 0.2) is 12.1 Å². The SMILES string of the molecule is COc1cc(CNC(=O)C2CCCC(N)C2)cc(OC)c1OC. The number of hydrogen-bond donors (Lipinski definition) is 2. The summed E-state index contributed by atoms with van der Waals surface area (Å²) in [5.74, 6) is 1.78. The summed E-state index contributed by atoms with van der Waals surface area (Å²) in [5, 5.41) is 2.98. The van der Waals surface area contributed by atoms with Crippen molar-refractivity contribution < 1.29 is 19.0 Å². The average Bonchev–Trinajstić information content (AvgIpc) is 2.58. The maximum atomic E-state index is 12.3. The van der Waals surface area contributed by atoms with Crippen molar-refractivity contribution in [1.29, 1.82) is 0 Å². The molecule has 2 unspecified atom stereocenters.